The van der Waals surface area contributed by atoms with E-state index in [-0.39, 0.29) is 0 Å². The first-order valence-corrected chi connectivity index (χ1v) is 6.97. The summed E-state index contributed by atoms with van der Waals surface area (Å²) < 4.78 is 5.47. The van der Waals surface area contributed by atoms with Gasteiger partial charge in [0.2, 0.25) is 0 Å². The Morgan fingerprint density at radius 2 is 2.30 bits per heavy atom. The van der Waals surface area contributed by atoms with Crippen LogP contribution in [0, 0.1) is 5.92 Å². The highest BCUT2D eigenvalue weighted by molar-refractivity contribution is 6.33. The molecule has 58 valence electrons. The second kappa shape index (κ2) is 2.66. The summed E-state index contributed by atoms with van der Waals surface area (Å²) >= 11 is 0. The lowest BCUT2D eigenvalue weighted by Gasteiger charge is -2.17. The topological polar surface area (TPSA) is 12.5 Å². The Bertz CT molecular complexity index is 126. The van der Waals surface area contributed by atoms with E-state index in [0.717, 1.165) is 5.92 Å². The van der Waals surface area contributed by atoms with Gasteiger partial charge in [-0.2, -0.15) is 0 Å². The van der Waals surface area contributed by atoms with Crippen molar-refractivity contribution in [3.05, 3.63) is 0 Å². The lowest BCUT2D eigenvalue weighted by Crippen LogP contribution is -2.13. The smallest absolute Gasteiger partial charge is 0.0844 e. The first-order chi connectivity index (χ1) is 4.90. The molecule has 3 atom stereocenters. The molecule has 1 aliphatic carbocycles. The molecule has 0 amide bonds. The Morgan fingerprint density at radius 3 is 3.00 bits per heavy atom. The third kappa shape index (κ3) is 1.27. The summed E-state index contributed by atoms with van der Waals surface area (Å²) in [6.45, 7) is 2.42. The highest BCUT2D eigenvalue weighted by Crippen LogP contribution is 2.40. The zero-order valence-electron chi connectivity index (χ0n) is 6.68. The van der Waals surface area contributed by atoms with Crippen molar-refractivity contribution < 1.29 is 4.74 Å². The van der Waals surface area contributed by atoms with Crippen LogP contribution in [0.4, 0.5) is 0 Å². The number of ether oxygens (including phenoxy) is 1. The summed E-state index contributed by atoms with van der Waals surface area (Å²) in [5, 5.41) is 0. The Balaban J connectivity index is 1.77. The van der Waals surface area contributed by atoms with Gasteiger partial charge in [0.15, 0.2) is 0 Å². The van der Waals surface area contributed by atoms with Crippen LogP contribution in [-0.4, -0.2) is 21.7 Å². The molecule has 1 saturated heterocycles. The van der Waals surface area contributed by atoms with Crippen LogP contribution in [0.15, 0.2) is 0 Å². The second-order valence-corrected chi connectivity index (χ2v) is 5.26. The van der Waals surface area contributed by atoms with Gasteiger partial charge in [-0.15, -0.1) is 0 Å². The van der Waals surface area contributed by atoms with Crippen LogP contribution in [0.1, 0.15) is 19.3 Å². The molecule has 2 rings (SSSR count). The van der Waals surface area contributed by atoms with Gasteiger partial charge in [-0.3, -0.25) is 0 Å². The number of epoxide rings is 1. The molecule has 0 aromatic carbocycles. The molecule has 0 aromatic heterocycles. The highest BCUT2D eigenvalue weighted by Gasteiger charge is 2.43. The molecule has 1 saturated carbocycles. The summed E-state index contributed by atoms with van der Waals surface area (Å²) in [7, 11) is 0.309. The number of rotatable bonds is 2. The lowest BCUT2D eigenvalue weighted by molar-refractivity contribution is 0.367. The van der Waals surface area contributed by atoms with Gasteiger partial charge in [-0.05, 0) is 25.2 Å². The molecule has 2 fully saturated rings. The van der Waals surface area contributed by atoms with E-state index < -0.39 is 0 Å². The van der Waals surface area contributed by atoms with Crippen LogP contribution < -0.4 is 0 Å². The number of fused-ring (bicyclic) bond motifs is 1. The molecule has 0 aromatic rings. The van der Waals surface area contributed by atoms with Gasteiger partial charge >= 0.3 is 0 Å². The standard InChI is InChI=1S/C8H16OSi/c1-10-5-6-2-3-7-8(4-6)9-7/h6-8H,2-5,10H2,1H3. The zero-order valence-corrected chi connectivity index (χ0v) is 8.09. The van der Waals surface area contributed by atoms with E-state index in [9.17, 15) is 0 Å². The molecule has 1 aliphatic heterocycles. The van der Waals surface area contributed by atoms with Crippen molar-refractivity contribution in [1.82, 2.24) is 0 Å². The van der Waals surface area contributed by atoms with E-state index in [0.29, 0.717) is 21.7 Å². The molecular formula is C8H16OSi. The third-order valence-electron chi connectivity index (χ3n) is 2.81. The van der Waals surface area contributed by atoms with Crippen LogP contribution in [0.2, 0.25) is 12.6 Å². The first-order valence-electron chi connectivity index (χ1n) is 4.55. The fraction of sp³-hybridized carbons (Fsp3) is 1.00. The predicted octanol–water partition coefficient (Wildman–Crippen LogP) is 1.19. The van der Waals surface area contributed by atoms with Crippen molar-refractivity contribution in [1.29, 1.82) is 0 Å². The Morgan fingerprint density at radius 1 is 1.40 bits per heavy atom. The molecule has 3 unspecified atom stereocenters. The molecule has 2 heteroatoms. The van der Waals surface area contributed by atoms with Crippen LogP contribution in [-0.2, 0) is 4.74 Å². The van der Waals surface area contributed by atoms with E-state index in [4.69, 9.17) is 4.74 Å². The predicted molar refractivity (Wildman–Crippen MR) is 45.2 cm³/mol. The average molecular weight is 156 g/mol. The van der Waals surface area contributed by atoms with Gasteiger partial charge in [0, 0.05) is 9.52 Å². The van der Waals surface area contributed by atoms with Gasteiger partial charge in [0.25, 0.3) is 0 Å². The van der Waals surface area contributed by atoms with Gasteiger partial charge in [-0.25, -0.2) is 0 Å². The Hall–Kier alpha value is 0.177. The number of hydrogen-bond donors (Lipinski definition) is 0. The van der Waals surface area contributed by atoms with Crippen molar-refractivity contribution in [3.63, 3.8) is 0 Å². The normalized spacial score (nSPS) is 45.9. The first kappa shape index (κ1) is 6.86. The molecule has 2 aliphatic rings. The highest BCUT2D eigenvalue weighted by atomic mass is 28.2. The largest absolute Gasteiger partial charge is 0.370 e. The Labute approximate surface area is 65.0 Å². The SMILES string of the molecule is C[SiH2]CC1CCC2OC2C1. The molecule has 0 bridgehead atoms. The monoisotopic (exact) mass is 156 g/mol. The lowest BCUT2D eigenvalue weighted by atomic mass is 9.91. The molecule has 0 radical (unpaired) electrons. The van der Waals surface area contributed by atoms with Gasteiger partial charge in [0.1, 0.15) is 0 Å². The van der Waals surface area contributed by atoms with E-state index in [2.05, 4.69) is 6.55 Å². The van der Waals surface area contributed by atoms with Gasteiger partial charge in [0.05, 0.1) is 12.2 Å². The maximum absolute atomic E-state index is 5.47. The molecule has 0 N–H and O–H groups in total. The van der Waals surface area contributed by atoms with E-state index in [1.165, 1.54) is 19.3 Å². The van der Waals surface area contributed by atoms with Crippen LogP contribution in [0.3, 0.4) is 0 Å². The van der Waals surface area contributed by atoms with Gasteiger partial charge < -0.3 is 4.74 Å². The van der Waals surface area contributed by atoms with Crippen LogP contribution in [0.5, 0.6) is 0 Å². The summed E-state index contributed by atoms with van der Waals surface area (Å²) in [6, 6.07) is 1.56. The summed E-state index contributed by atoms with van der Waals surface area (Å²) in [4.78, 5) is 0. The quantitative estimate of drug-likeness (QED) is 0.432. The zero-order chi connectivity index (χ0) is 6.97. The van der Waals surface area contributed by atoms with Gasteiger partial charge in [-0.1, -0.05) is 12.6 Å². The van der Waals surface area contributed by atoms with Crippen molar-refractivity contribution in [2.24, 2.45) is 5.92 Å². The van der Waals surface area contributed by atoms with Crippen molar-refractivity contribution in [2.45, 2.75) is 44.1 Å². The fourth-order valence-corrected chi connectivity index (χ4v) is 3.50. The minimum absolute atomic E-state index is 0.309. The van der Waals surface area contributed by atoms with Crippen LogP contribution in [0.25, 0.3) is 0 Å². The summed E-state index contributed by atoms with van der Waals surface area (Å²) in [6.07, 6.45) is 5.63. The fourth-order valence-electron chi connectivity index (χ4n) is 2.16. The summed E-state index contributed by atoms with van der Waals surface area (Å²) in [5.74, 6) is 1.06. The maximum Gasteiger partial charge on any atom is 0.0844 e. The minimum Gasteiger partial charge on any atom is -0.370 e. The summed E-state index contributed by atoms with van der Waals surface area (Å²) in [5.41, 5.74) is 0. The van der Waals surface area contributed by atoms with E-state index >= 15 is 0 Å². The maximum atomic E-state index is 5.47. The molecular weight excluding hydrogens is 140 g/mol. The van der Waals surface area contributed by atoms with Crippen molar-refractivity contribution in [3.8, 4) is 0 Å². The second-order valence-electron chi connectivity index (χ2n) is 3.68. The van der Waals surface area contributed by atoms with Crippen molar-refractivity contribution >= 4 is 9.52 Å². The van der Waals surface area contributed by atoms with E-state index in [1.807, 2.05) is 0 Å². The van der Waals surface area contributed by atoms with Crippen molar-refractivity contribution in [2.75, 3.05) is 0 Å². The average Bonchev–Trinajstić information content (AvgIpc) is 2.66. The molecule has 10 heavy (non-hydrogen) atoms. The van der Waals surface area contributed by atoms with E-state index in [1.54, 1.807) is 6.04 Å². The Kier molecular flexibility index (Phi) is 1.83. The molecule has 0 spiro atoms. The number of hydrogen-bond acceptors (Lipinski definition) is 1. The third-order valence-corrected chi connectivity index (χ3v) is 4.20. The molecule has 1 nitrogen and oxygen atoms in total. The molecule has 1 heterocycles. The van der Waals surface area contributed by atoms with Crippen LogP contribution >= 0.6 is 0 Å². The minimum atomic E-state index is 0.309.